The minimum Gasteiger partial charge on any atom is -0.387 e. The number of carbonyl (C=O) groups excluding carboxylic acids is 1. The van der Waals surface area contributed by atoms with Crippen molar-refractivity contribution < 1.29 is 9.90 Å². The summed E-state index contributed by atoms with van der Waals surface area (Å²) >= 11 is 3.37. The molecule has 1 aromatic carbocycles. The standard InChI is InChI=1S/C15H23BrN2O2/c1-4-18(10-15(20)17-11(2)3)9-14(19)12-5-7-13(16)8-6-12/h5-8,11,14,19H,4,9-10H2,1-3H3,(H,17,20)/t14-/m1/s1. The second-order valence-corrected chi connectivity index (χ2v) is 6.03. The van der Waals surface area contributed by atoms with Crippen molar-refractivity contribution in [1.82, 2.24) is 10.2 Å². The largest absolute Gasteiger partial charge is 0.387 e. The van der Waals surface area contributed by atoms with E-state index >= 15 is 0 Å². The normalized spacial score (nSPS) is 12.8. The number of hydrogen-bond donors (Lipinski definition) is 2. The smallest absolute Gasteiger partial charge is 0.234 e. The number of carbonyl (C=O) groups is 1. The molecule has 0 aliphatic carbocycles. The van der Waals surface area contributed by atoms with E-state index in [1.165, 1.54) is 0 Å². The molecule has 1 aromatic rings. The van der Waals surface area contributed by atoms with Crippen LogP contribution in [-0.4, -0.2) is 41.6 Å². The Balaban J connectivity index is 2.54. The molecule has 20 heavy (non-hydrogen) atoms. The van der Waals surface area contributed by atoms with Crippen LogP contribution in [0.4, 0.5) is 0 Å². The molecule has 0 radical (unpaired) electrons. The summed E-state index contributed by atoms with van der Waals surface area (Å²) in [6, 6.07) is 7.71. The molecule has 0 aliphatic heterocycles. The van der Waals surface area contributed by atoms with Crippen molar-refractivity contribution in [2.45, 2.75) is 32.9 Å². The predicted molar refractivity (Wildman–Crippen MR) is 84.5 cm³/mol. The highest BCUT2D eigenvalue weighted by Gasteiger charge is 2.15. The molecule has 0 heterocycles. The van der Waals surface area contributed by atoms with E-state index < -0.39 is 6.10 Å². The molecule has 4 nitrogen and oxygen atoms in total. The van der Waals surface area contributed by atoms with Crippen molar-refractivity contribution >= 4 is 21.8 Å². The minimum atomic E-state index is -0.588. The van der Waals surface area contributed by atoms with Crippen LogP contribution in [0.2, 0.25) is 0 Å². The number of benzene rings is 1. The first-order valence-corrected chi connectivity index (χ1v) is 7.67. The Morgan fingerprint density at radius 2 is 1.95 bits per heavy atom. The minimum absolute atomic E-state index is 0.00939. The van der Waals surface area contributed by atoms with Gasteiger partial charge in [-0.2, -0.15) is 0 Å². The number of aliphatic hydroxyl groups excluding tert-OH is 1. The number of hydrogen-bond acceptors (Lipinski definition) is 3. The zero-order valence-electron chi connectivity index (χ0n) is 12.3. The first-order chi connectivity index (χ1) is 9.42. The maximum Gasteiger partial charge on any atom is 0.234 e. The van der Waals surface area contributed by atoms with Gasteiger partial charge in [-0.1, -0.05) is 35.0 Å². The highest BCUT2D eigenvalue weighted by Crippen LogP contribution is 2.17. The van der Waals surface area contributed by atoms with Gasteiger partial charge in [-0.3, -0.25) is 9.69 Å². The summed E-state index contributed by atoms with van der Waals surface area (Å²) in [4.78, 5) is 13.7. The van der Waals surface area contributed by atoms with E-state index in [0.29, 0.717) is 13.1 Å². The third-order valence-corrected chi connectivity index (χ3v) is 3.48. The molecular formula is C15H23BrN2O2. The van der Waals surface area contributed by atoms with Crippen molar-refractivity contribution in [3.63, 3.8) is 0 Å². The third kappa shape index (κ3) is 6.03. The van der Waals surface area contributed by atoms with Gasteiger partial charge in [-0.15, -0.1) is 0 Å². The molecule has 0 aliphatic rings. The lowest BCUT2D eigenvalue weighted by Gasteiger charge is -2.23. The van der Waals surface area contributed by atoms with E-state index in [-0.39, 0.29) is 11.9 Å². The molecule has 0 spiro atoms. The Morgan fingerprint density at radius 3 is 2.45 bits per heavy atom. The zero-order chi connectivity index (χ0) is 15.1. The van der Waals surface area contributed by atoms with Crippen LogP contribution in [0, 0.1) is 0 Å². The Labute approximate surface area is 129 Å². The fourth-order valence-corrected chi connectivity index (χ4v) is 2.18. The van der Waals surface area contributed by atoms with Gasteiger partial charge < -0.3 is 10.4 Å². The molecule has 5 heteroatoms. The third-order valence-electron chi connectivity index (χ3n) is 2.95. The van der Waals surface area contributed by atoms with Gasteiger partial charge in [0.1, 0.15) is 0 Å². The van der Waals surface area contributed by atoms with Gasteiger partial charge in [0, 0.05) is 17.1 Å². The topological polar surface area (TPSA) is 52.6 Å². The van der Waals surface area contributed by atoms with Crippen LogP contribution in [0.15, 0.2) is 28.7 Å². The number of aliphatic hydroxyl groups is 1. The second kappa shape index (κ2) is 8.39. The zero-order valence-corrected chi connectivity index (χ0v) is 13.9. The molecule has 0 fully saturated rings. The number of nitrogens with one attached hydrogen (secondary N) is 1. The van der Waals surface area contributed by atoms with Crippen LogP contribution in [-0.2, 0) is 4.79 Å². The molecule has 0 unspecified atom stereocenters. The summed E-state index contributed by atoms with van der Waals surface area (Å²) in [6.07, 6.45) is -0.588. The quantitative estimate of drug-likeness (QED) is 0.799. The summed E-state index contributed by atoms with van der Waals surface area (Å²) in [5.41, 5.74) is 0.857. The summed E-state index contributed by atoms with van der Waals surface area (Å²) < 4.78 is 0.983. The lowest BCUT2D eigenvalue weighted by atomic mass is 10.1. The van der Waals surface area contributed by atoms with E-state index in [1.54, 1.807) is 0 Å². The molecule has 0 bridgehead atoms. The maximum absolute atomic E-state index is 11.7. The van der Waals surface area contributed by atoms with Crippen LogP contribution in [0.25, 0.3) is 0 Å². The molecule has 0 saturated carbocycles. The van der Waals surface area contributed by atoms with Crippen LogP contribution < -0.4 is 5.32 Å². The van der Waals surface area contributed by atoms with Gasteiger partial charge in [-0.05, 0) is 38.1 Å². The Hall–Kier alpha value is -0.910. The van der Waals surface area contributed by atoms with E-state index in [2.05, 4.69) is 21.2 Å². The molecule has 0 saturated heterocycles. The summed E-state index contributed by atoms with van der Waals surface area (Å²) in [7, 11) is 0. The van der Waals surface area contributed by atoms with E-state index in [4.69, 9.17) is 0 Å². The fraction of sp³-hybridized carbons (Fsp3) is 0.533. The summed E-state index contributed by atoms with van der Waals surface area (Å²) in [6.45, 7) is 7.33. The first kappa shape index (κ1) is 17.1. The van der Waals surface area contributed by atoms with Gasteiger partial charge in [0.05, 0.1) is 12.6 Å². The van der Waals surface area contributed by atoms with E-state index in [9.17, 15) is 9.90 Å². The van der Waals surface area contributed by atoms with Crippen LogP contribution >= 0.6 is 15.9 Å². The molecule has 1 atom stereocenters. The SMILES string of the molecule is CCN(CC(=O)NC(C)C)C[C@@H](O)c1ccc(Br)cc1. The first-order valence-electron chi connectivity index (χ1n) is 6.87. The van der Waals surface area contributed by atoms with Crippen molar-refractivity contribution in [3.8, 4) is 0 Å². The fourth-order valence-electron chi connectivity index (χ4n) is 1.91. The van der Waals surface area contributed by atoms with Crippen molar-refractivity contribution in [1.29, 1.82) is 0 Å². The lowest BCUT2D eigenvalue weighted by molar-refractivity contribution is -0.123. The molecule has 0 aromatic heterocycles. The van der Waals surface area contributed by atoms with E-state index in [0.717, 1.165) is 16.6 Å². The number of likely N-dealkylation sites (N-methyl/N-ethyl adjacent to an activating group) is 1. The number of rotatable bonds is 7. The monoisotopic (exact) mass is 342 g/mol. The Bertz CT molecular complexity index is 420. The molecule has 1 amide bonds. The molecule has 112 valence electrons. The van der Waals surface area contributed by atoms with Crippen LogP contribution in [0.3, 0.4) is 0 Å². The summed E-state index contributed by atoms with van der Waals surface area (Å²) in [5.74, 6) is -0.00939. The average Bonchev–Trinajstić information content (AvgIpc) is 2.37. The lowest BCUT2D eigenvalue weighted by Crippen LogP contribution is -2.41. The maximum atomic E-state index is 11.7. The highest BCUT2D eigenvalue weighted by atomic mass is 79.9. The predicted octanol–water partition coefficient (Wildman–Crippen LogP) is 2.33. The Morgan fingerprint density at radius 1 is 1.35 bits per heavy atom. The molecular weight excluding hydrogens is 320 g/mol. The van der Waals surface area contributed by atoms with E-state index in [1.807, 2.05) is 49.9 Å². The van der Waals surface area contributed by atoms with Crippen molar-refractivity contribution in [2.24, 2.45) is 0 Å². The van der Waals surface area contributed by atoms with Crippen molar-refractivity contribution in [3.05, 3.63) is 34.3 Å². The van der Waals surface area contributed by atoms with Gasteiger partial charge in [0.2, 0.25) is 5.91 Å². The number of halogens is 1. The van der Waals surface area contributed by atoms with Crippen LogP contribution in [0.1, 0.15) is 32.4 Å². The summed E-state index contributed by atoms with van der Waals surface area (Å²) in [5, 5.41) is 13.1. The average molecular weight is 343 g/mol. The highest BCUT2D eigenvalue weighted by molar-refractivity contribution is 9.10. The van der Waals surface area contributed by atoms with Gasteiger partial charge in [-0.25, -0.2) is 0 Å². The van der Waals surface area contributed by atoms with Crippen molar-refractivity contribution in [2.75, 3.05) is 19.6 Å². The molecule has 1 rings (SSSR count). The number of amides is 1. The van der Waals surface area contributed by atoms with Gasteiger partial charge in [0.15, 0.2) is 0 Å². The Kier molecular flexibility index (Phi) is 7.19. The second-order valence-electron chi connectivity index (χ2n) is 5.12. The van der Waals surface area contributed by atoms with Gasteiger partial charge in [0.25, 0.3) is 0 Å². The number of nitrogens with zero attached hydrogens (tertiary/aromatic N) is 1. The van der Waals surface area contributed by atoms with Crippen LogP contribution in [0.5, 0.6) is 0 Å². The molecule has 2 N–H and O–H groups in total. The van der Waals surface area contributed by atoms with Gasteiger partial charge >= 0.3 is 0 Å².